The Morgan fingerprint density at radius 3 is 2.00 bits per heavy atom. The minimum atomic E-state index is 0.347. The quantitative estimate of drug-likeness (QED) is 0.638. The van der Waals surface area contributed by atoms with Gasteiger partial charge in [0.15, 0.2) is 0 Å². The summed E-state index contributed by atoms with van der Waals surface area (Å²) in [7, 11) is 2.38. The zero-order chi connectivity index (χ0) is 10.8. The van der Waals surface area contributed by atoms with Crippen LogP contribution in [0.1, 0.15) is 52.9 Å². The fourth-order valence-corrected chi connectivity index (χ4v) is 4.97. The lowest BCUT2D eigenvalue weighted by atomic mass is 9.79. The molecule has 2 atom stereocenters. The van der Waals surface area contributed by atoms with Gasteiger partial charge in [-0.05, 0) is 77.7 Å². The Kier molecular flexibility index (Phi) is 1.89. The van der Waals surface area contributed by atoms with Crippen LogP contribution in [0.15, 0.2) is 0 Å². The minimum Gasteiger partial charge on any atom is -0.296 e. The van der Waals surface area contributed by atoms with Crippen molar-refractivity contribution in [2.24, 2.45) is 17.8 Å². The molecule has 4 aliphatic rings. The normalized spacial score (nSPS) is 48.2. The van der Waals surface area contributed by atoms with Crippen molar-refractivity contribution in [3.63, 3.8) is 0 Å². The third kappa shape index (κ3) is 1.25. The van der Waals surface area contributed by atoms with E-state index in [1.807, 2.05) is 0 Å². The lowest BCUT2D eigenvalue weighted by molar-refractivity contribution is 0.00815. The SMILES string of the molecule is CN(C(C)(C)C)C12CC3CC(CC1C3)C2. The molecule has 86 valence electrons. The van der Waals surface area contributed by atoms with Crippen LogP contribution in [0.5, 0.6) is 0 Å². The standard InChI is InChI=1S/C14H25N/c1-13(2,3)15(4)14-8-10-5-11(9-14)7-12(14)6-10/h10-12H,5-9H2,1-4H3. The smallest absolute Gasteiger partial charge is 0.0245 e. The van der Waals surface area contributed by atoms with E-state index in [-0.39, 0.29) is 0 Å². The van der Waals surface area contributed by atoms with Crippen LogP contribution < -0.4 is 0 Å². The summed E-state index contributed by atoms with van der Waals surface area (Å²) in [4.78, 5) is 2.73. The maximum atomic E-state index is 2.73. The van der Waals surface area contributed by atoms with Crippen molar-refractivity contribution >= 4 is 0 Å². The Labute approximate surface area is 94.2 Å². The van der Waals surface area contributed by atoms with Crippen LogP contribution in [0.2, 0.25) is 0 Å². The first kappa shape index (κ1) is 10.1. The van der Waals surface area contributed by atoms with Gasteiger partial charge < -0.3 is 0 Å². The predicted octanol–water partition coefficient (Wildman–Crippen LogP) is 3.30. The highest BCUT2D eigenvalue weighted by atomic mass is 15.2. The highest BCUT2D eigenvalue weighted by molar-refractivity contribution is 5.14. The summed E-state index contributed by atoms with van der Waals surface area (Å²) in [6.07, 6.45) is 7.63. The van der Waals surface area contributed by atoms with E-state index in [2.05, 4.69) is 32.7 Å². The molecular formula is C14H25N. The topological polar surface area (TPSA) is 3.24 Å². The molecule has 2 unspecified atom stereocenters. The van der Waals surface area contributed by atoms with Gasteiger partial charge in [-0.2, -0.15) is 0 Å². The average Bonchev–Trinajstić information content (AvgIpc) is 2.49. The number of nitrogens with zero attached hydrogens (tertiary/aromatic N) is 1. The molecule has 1 heteroatoms. The fraction of sp³-hybridized carbons (Fsp3) is 1.00. The van der Waals surface area contributed by atoms with Gasteiger partial charge in [-0.15, -0.1) is 0 Å². The second-order valence-corrected chi connectivity index (χ2v) is 7.38. The Bertz CT molecular complexity index is 262. The molecular weight excluding hydrogens is 182 g/mol. The van der Waals surface area contributed by atoms with Gasteiger partial charge in [-0.25, -0.2) is 0 Å². The van der Waals surface area contributed by atoms with Crippen LogP contribution in [0, 0.1) is 17.8 Å². The molecule has 4 saturated carbocycles. The van der Waals surface area contributed by atoms with Gasteiger partial charge in [0.1, 0.15) is 0 Å². The highest BCUT2D eigenvalue weighted by Crippen LogP contribution is 2.63. The lowest BCUT2D eigenvalue weighted by Crippen LogP contribution is -2.55. The fourth-order valence-electron chi connectivity index (χ4n) is 4.97. The zero-order valence-corrected chi connectivity index (χ0v) is 10.7. The van der Waals surface area contributed by atoms with Gasteiger partial charge >= 0.3 is 0 Å². The van der Waals surface area contributed by atoms with Crippen molar-refractivity contribution in [2.45, 2.75) is 64.0 Å². The summed E-state index contributed by atoms with van der Waals surface area (Å²) in [6.45, 7) is 7.13. The first-order valence-electron chi connectivity index (χ1n) is 6.66. The molecule has 15 heavy (non-hydrogen) atoms. The molecule has 0 heterocycles. The van der Waals surface area contributed by atoms with E-state index < -0.39 is 0 Å². The molecule has 4 fully saturated rings. The Morgan fingerprint density at radius 1 is 1.00 bits per heavy atom. The molecule has 4 bridgehead atoms. The van der Waals surface area contributed by atoms with Crippen LogP contribution in [0.25, 0.3) is 0 Å². The third-order valence-electron chi connectivity index (χ3n) is 5.62. The van der Waals surface area contributed by atoms with Gasteiger partial charge in [-0.3, -0.25) is 4.90 Å². The van der Waals surface area contributed by atoms with Crippen LogP contribution in [-0.4, -0.2) is 23.0 Å². The van der Waals surface area contributed by atoms with E-state index >= 15 is 0 Å². The van der Waals surface area contributed by atoms with E-state index in [1.165, 1.54) is 25.7 Å². The third-order valence-corrected chi connectivity index (χ3v) is 5.62. The van der Waals surface area contributed by atoms with Crippen LogP contribution >= 0.6 is 0 Å². The molecule has 0 N–H and O–H groups in total. The molecule has 0 aromatic heterocycles. The minimum absolute atomic E-state index is 0.347. The van der Waals surface area contributed by atoms with Gasteiger partial charge in [0.2, 0.25) is 0 Å². The molecule has 0 aliphatic heterocycles. The second kappa shape index (κ2) is 2.80. The molecule has 4 rings (SSSR count). The van der Waals surface area contributed by atoms with Gasteiger partial charge in [0.25, 0.3) is 0 Å². The van der Waals surface area contributed by atoms with Gasteiger partial charge in [0.05, 0.1) is 0 Å². The molecule has 0 aromatic carbocycles. The van der Waals surface area contributed by atoms with Gasteiger partial charge in [0, 0.05) is 11.1 Å². The first-order chi connectivity index (χ1) is 6.92. The van der Waals surface area contributed by atoms with Crippen LogP contribution in [-0.2, 0) is 0 Å². The molecule has 4 aliphatic carbocycles. The maximum absolute atomic E-state index is 2.73. The molecule has 0 amide bonds. The summed E-state index contributed by atoms with van der Waals surface area (Å²) in [6, 6.07) is 0. The Hall–Kier alpha value is -0.0400. The van der Waals surface area contributed by atoms with Crippen molar-refractivity contribution in [3.8, 4) is 0 Å². The molecule has 0 spiro atoms. The number of hydrogen-bond donors (Lipinski definition) is 0. The summed E-state index contributed by atoms with van der Waals surface area (Å²) in [5.41, 5.74) is 0.950. The first-order valence-corrected chi connectivity index (χ1v) is 6.66. The number of rotatable bonds is 1. The van der Waals surface area contributed by atoms with Crippen molar-refractivity contribution in [3.05, 3.63) is 0 Å². The van der Waals surface area contributed by atoms with E-state index in [0.717, 1.165) is 17.8 Å². The van der Waals surface area contributed by atoms with Gasteiger partial charge in [-0.1, -0.05) is 0 Å². The Balaban J connectivity index is 1.92. The molecule has 0 saturated heterocycles. The van der Waals surface area contributed by atoms with Crippen LogP contribution in [0.3, 0.4) is 0 Å². The summed E-state index contributed by atoms with van der Waals surface area (Å²) in [5, 5.41) is 0. The van der Waals surface area contributed by atoms with E-state index in [0.29, 0.717) is 11.1 Å². The van der Waals surface area contributed by atoms with Crippen molar-refractivity contribution in [2.75, 3.05) is 7.05 Å². The second-order valence-electron chi connectivity index (χ2n) is 7.38. The predicted molar refractivity (Wildman–Crippen MR) is 63.8 cm³/mol. The largest absolute Gasteiger partial charge is 0.296 e. The number of hydrogen-bond acceptors (Lipinski definition) is 1. The van der Waals surface area contributed by atoms with Crippen LogP contribution in [0.4, 0.5) is 0 Å². The summed E-state index contributed by atoms with van der Waals surface area (Å²) in [5.74, 6) is 3.19. The van der Waals surface area contributed by atoms with E-state index in [9.17, 15) is 0 Å². The summed E-state index contributed by atoms with van der Waals surface area (Å²) < 4.78 is 0. The molecule has 0 radical (unpaired) electrons. The van der Waals surface area contributed by atoms with E-state index in [1.54, 1.807) is 6.42 Å². The highest BCUT2D eigenvalue weighted by Gasteiger charge is 2.60. The molecule has 0 aromatic rings. The zero-order valence-electron chi connectivity index (χ0n) is 10.7. The van der Waals surface area contributed by atoms with Crippen molar-refractivity contribution in [1.29, 1.82) is 0 Å². The van der Waals surface area contributed by atoms with E-state index in [4.69, 9.17) is 0 Å². The maximum Gasteiger partial charge on any atom is 0.0245 e. The monoisotopic (exact) mass is 207 g/mol. The Morgan fingerprint density at radius 2 is 1.53 bits per heavy atom. The molecule has 1 nitrogen and oxygen atoms in total. The van der Waals surface area contributed by atoms with Crippen molar-refractivity contribution in [1.82, 2.24) is 4.90 Å². The van der Waals surface area contributed by atoms with Crippen molar-refractivity contribution < 1.29 is 0 Å². The lowest BCUT2D eigenvalue weighted by Gasteiger charge is -2.48. The average molecular weight is 207 g/mol. The summed E-state index contributed by atoms with van der Waals surface area (Å²) >= 11 is 0.